The number of halogens is 2. The molecular formula is C35H42F2. The second-order valence-corrected chi connectivity index (χ2v) is 10.9. The summed E-state index contributed by atoms with van der Waals surface area (Å²) in [7, 11) is 0. The minimum Gasteiger partial charge on any atom is -0.203 e. The summed E-state index contributed by atoms with van der Waals surface area (Å²) in [4.78, 5) is 0. The van der Waals surface area contributed by atoms with Crippen molar-refractivity contribution in [3.63, 3.8) is 0 Å². The Morgan fingerprint density at radius 2 is 1.30 bits per heavy atom. The van der Waals surface area contributed by atoms with Gasteiger partial charge in [-0.25, -0.2) is 8.78 Å². The van der Waals surface area contributed by atoms with Crippen LogP contribution in [0, 0.1) is 23.5 Å². The normalized spacial score (nSPS) is 17.6. The lowest BCUT2D eigenvalue weighted by Crippen LogP contribution is -2.15. The number of allylic oxidation sites excluding steroid dienone is 1. The van der Waals surface area contributed by atoms with Gasteiger partial charge in [0.05, 0.1) is 0 Å². The highest BCUT2D eigenvalue weighted by atomic mass is 19.2. The Morgan fingerprint density at radius 1 is 0.703 bits per heavy atom. The zero-order chi connectivity index (χ0) is 26.0. The quantitative estimate of drug-likeness (QED) is 0.171. The number of aryl methyl sites for hydroxylation is 2. The van der Waals surface area contributed by atoms with E-state index in [0.717, 1.165) is 55.1 Å². The highest BCUT2D eigenvalue weighted by molar-refractivity contribution is 5.71. The zero-order valence-corrected chi connectivity index (χ0v) is 22.5. The Kier molecular flexibility index (Phi) is 10.1. The first kappa shape index (κ1) is 27.3. The van der Waals surface area contributed by atoms with Crippen LogP contribution in [0.25, 0.3) is 22.3 Å². The largest absolute Gasteiger partial charge is 0.203 e. The summed E-state index contributed by atoms with van der Waals surface area (Å²) in [6, 6.07) is 20.1. The predicted molar refractivity (Wildman–Crippen MR) is 154 cm³/mol. The monoisotopic (exact) mass is 500 g/mol. The molecule has 0 bridgehead atoms. The smallest absolute Gasteiger partial charge is 0.166 e. The van der Waals surface area contributed by atoms with Crippen molar-refractivity contribution in [2.45, 2.75) is 84.0 Å². The molecule has 1 aliphatic carbocycles. The van der Waals surface area contributed by atoms with Crippen LogP contribution in [0.5, 0.6) is 0 Å². The van der Waals surface area contributed by atoms with Gasteiger partial charge in [0.25, 0.3) is 0 Å². The van der Waals surface area contributed by atoms with E-state index in [1.54, 1.807) is 12.1 Å². The molecule has 0 unspecified atom stereocenters. The van der Waals surface area contributed by atoms with Gasteiger partial charge in [-0.1, -0.05) is 112 Å². The van der Waals surface area contributed by atoms with E-state index in [0.29, 0.717) is 23.1 Å². The fourth-order valence-electron chi connectivity index (χ4n) is 5.81. The van der Waals surface area contributed by atoms with Gasteiger partial charge in [0.2, 0.25) is 0 Å². The summed E-state index contributed by atoms with van der Waals surface area (Å²) in [5.74, 6) is 0.332. The molecule has 0 nitrogen and oxygen atoms in total. The fourth-order valence-corrected chi connectivity index (χ4v) is 5.81. The summed E-state index contributed by atoms with van der Waals surface area (Å²) in [6.45, 7) is 5.96. The van der Waals surface area contributed by atoms with E-state index < -0.39 is 11.6 Å². The standard InChI is InChI=1S/C35H42F2/c1-3-5-7-9-32-24-25-33(35(37)34(32)36)31-22-20-30(21-23-31)29-18-16-28(17-19-29)15-14-27-12-10-26(11-13-27)8-6-4-2/h4,16-27H,2-3,5-15H2,1H3. The number of hydrogen-bond donors (Lipinski definition) is 0. The highest BCUT2D eigenvalue weighted by Gasteiger charge is 2.20. The van der Waals surface area contributed by atoms with Gasteiger partial charge in [-0.3, -0.25) is 0 Å². The van der Waals surface area contributed by atoms with Crippen molar-refractivity contribution in [3.05, 3.63) is 96.1 Å². The summed E-state index contributed by atoms with van der Waals surface area (Å²) in [5, 5.41) is 0. The lowest BCUT2D eigenvalue weighted by Gasteiger charge is -2.28. The maximum absolute atomic E-state index is 14.8. The Bertz CT molecular complexity index is 1120. The van der Waals surface area contributed by atoms with E-state index in [1.165, 1.54) is 44.1 Å². The Morgan fingerprint density at radius 3 is 1.92 bits per heavy atom. The van der Waals surface area contributed by atoms with Gasteiger partial charge in [-0.05, 0) is 78.2 Å². The van der Waals surface area contributed by atoms with Crippen LogP contribution in [0.4, 0.5) is 8.78 Å². The molecule has 0 saturated heterocycles. The molecule has 3 aromatic carbocycles. The van der Waals surface area contributed by atoms with Crippen molar-refractivity contribution in [3.8, 4) is 22.3 Å². The summed E-state index contributed by atoms with van der Waals surface area (Å²) < 4.78 is 29.4. The molecule has 0 atom stereocenters. The van der Waals surface area contributed by atoms with Crippen LogP contribution in [0.3, 0.4) is 0 Å². The molecule has 0 N–H and O–H groups in total. The Balaban J connectivity index is 1.32. The molecule has 0 heterocycles. The average molecular weight is 501 g/mol. The molecule has 0 aromatic heterocycles. The highest BCUT2D eigenvalue weighted by Crippen LogP contribution is 2.34. The molecule has 37 heavy (non-hydrogen) atoms. The van der Waals surface area contributed by atoms with Gasteiger partial charge in [0.1, 0.15) is 0 Å². The van der Waals surface area contributed by atoms with Gasteiger partial charge in [-0.15, -0.1) is 6.58 Å². The molecule has 4 rings (SSSR count). The SMILES string of the molecule is C=CCCC1CCC(CCc2ccc(-c3ccc(-c4ccc(CCCCC)c(F)c4F)cc3)cc2)CC1. The second-order valence-electron chi connectivity index (χ2n) is 10.9. The molecule has 2 heteroatoms. The zero-order valence-electron chi connectivity index (χ0n) is 22.5. The first-order valence-electron chi connectivity index (χ1n) is 14.4. The molecule has 0 aliphatic heterocycles. The molecule has 0 spiro atoms. The van der Waals surface area contributed by atoms with E-state index in [4.69, 9.17) is 0 Å². The van der Waals surface area contributed by atoms with Crippen molar-refractivity contribution >= 4 is 0 Å². The second kappa shape index (κ2) is 13.7. The van der Waals surface area contributed by atoms with Crippen LogP contribution in [-0.2, 0) is 12.8 Å². The Hall–Kier alpha value is -2.74. The fraction of sp³-hybridized carbons (Fsp3) is 0.429. The van der Waals surface area contributed by atoms with Gasteiger partial charge < -0.3 is 0 Å². The van der Waals surface area contributed by atoms with Crippen LogP contribution in [-0.4, -0.2) is 0 Å². The molecule has 0 radical (unpaired) electrons. The van der Waals surface area contributed by atoms with Gasteiger partial charge in [-0.2, -0.15) is 0 Å². The number of unbranched alkanes of at least 4 members (excludes halogenated alkanes) is 2. The van der Waals surface area contributed by atoms with Gasteiger partial charge in [0.15, 0.2) is 11.6 Å². The third kappa shape index (κ3) is 7.40. The molecule has 1 fully saturated rings. The molecule has 196 valence electrons. The van der Waals surface area contributed by atoms with Crippen molar-refractivity contribution in [1.29, 1.82) is 0 Å². The Labute approximate surface area is 222 Å². The van der Waals surface area contributed by atoms with Crippen LogP contribution in [0.15, 0.2) is 73.3 Å². The minimum absolute atomic E-state index is 0.327. The maximum atomic E-state index is 14.8. The van der Waals surface area contributed by atoms with E-state index >= 15 is 0 Å². The van der Waals surface area contributed by atoms with Crippen LogP contribution < -0.4 is 0 Å². The van der Waals surface area contributed by atoms with E-state index in [1.807, 2.05) is 24.3 Å². The molecule has 1 aliphatic rings. The molecular weight excluding hydrogens is 458 g/mol. The van der Waals surface area contributed by atoms with E-state index in [-0.39, 0.29) is 0 Å². The van der Waals surface area contributed by atoms with E-state index in [2.05, 4.69) is 43.8 Å². The van der Waals surface area contributed by atoms with Crippen molar-refractivity contribution < 1.29 is 8.78 Å². The summed E-state index contributed by atoms with van der Waals surface area (Å²) >= 11 is 0. The topological polar surface area (TPSA) is 0 Å². The van der Waals surface area contributed by atoms with Crippen molar-refractivity contribution in [2.24, 2.45) is 11.8 Å². The third-order valence-corrected chi connectivity index (χ3v) is 8.28. The van der Waals surface area contributed by atoms with Crippen LogP contribution in [0.1, 0.15) is 82.3 Å². The third-order valence-electron chi connectivity index (χ3n) is 8.28. The number of benzene rings is 3. The lowest BCUT2D eigenvalue weighted by molar-refractivity contribution is 0.254. The molecule has 0 amide bonds. The average Bonchev–Trinajstić information content (AvgIpc) is 2.94. The van der Waals surface area contributed by atoms with Crippen LogP contribution in [0.2, 0.25) is 0 Å². The van der Waals surface area contributed by atoms with Crippen molar-refractivity contribution in [1.82, 2.24) is 0 Å². The van der Waals surface area contributed by atoms with Crippen LogP contribution >= 0.6 is 0 Å². The molecule has 3 aromatic rings. The lowest BCUT2D eigenvalue weighted by atomic mass is 9.78. The summed E-state index contributed by atoms with van der Waals surface area (Å²) in [6.07, 6.45) is 16.0. The predicted octanol–water partition coefficient (Wildman–Crippen LogP) is 10.7. The first-order chi connectivity index (χ1) is 18.1. The van der Waals surface area contributed by atoms with Crippen molar-refractivity contribution in [2.75, 3.05) is 0 Å². The van der Waals surface area contributed by atoms with E-state index in [9.17, 15) is 8.78 Å². The molecule has 1 saturated carbocycles. The number of rotatable bonds is 12. The summed E-state index contributed by atoms with van der Waals surface area (Å²) in [5.41, 5.74) is 5.14. The minimum atomic E-state index is -0.739. The van der Waals surface area contributed by atoms with Gasteiger partial charge in [0, 0.05) is 5.56 Å². The number of hydrogen-bond acceptors (Lipinski definition) is 0. The van der Waals surface area contributed by atoms with Gasteiger partial charge >= 0.3 is 0 Å². The first-order valence-corrected chi connectivity index (χ1v) is 14.4. The maximum Gasteiger partial charge on any atom is 0.166 e.